The van der Waals surface area contributed by atoms with Gasteiger partial charge in [0.25, 0.3) is 0 Å². The van der Waals surface area contributed by atoms with Crippen molar-refractivity contribution in [1.29, 1.82) is 0 Å². The number of nitrogens with zero attached hydrogens (tertiary/aromatic N) is 6. The molecule has 0 aliphatic heterocycles. The van der Waals surface area contributed by atoms with Crippen LogP contribution in [0.4, 0.5) is 0 Å². The van der Waals surface area contributed by atoms with Crippen LogP contribution in [0.2, 0.25) is 0 Å². The van der Waals surface area contributed by atoms with Crippen LogP contribution < -0.4 is 0 Å². The average Bonchev–Trinajstić information content (AvgIpc) is 3.95. The van der Waals surface area contributed by atoms with E-state index in [0.717, 1.165) is 79.1 Å². The van der Waals surface area contributed by atoms with Gasteiger partial charge < -0.3 is 0 Å². The van der Waals surface area contributed by atoms with E-state index in [-0.39, 0.29) is 0 Å². The minimum Gasteiger partial charge on any atom is -0.236 e. The number of rotatable bonds is 6. The molecule has 51 heavy (non-hydrogen) atoms. The molecule has 0 radical (unpaired) electrons. The van der Waals surface area contributed by atoms with Crippen molar-refractivity contribution in [2.45, 2.75) is 0 Å². The molecule has 0 aliphatic rings. The highest BCUT2D eigenvalue weighted by Gasteiger charge is 2.17. The second kappa shape index (κ2) is 12.4. The molecule has 6 nitrogen and oxygen atoms in total. The van der Waals surface area contributed by atoms with Crippen LogP contribution in [0.5, 0.6) is 0 Å². The first-order chi connectivity index (χ1) is 25.2. The average molecular weight is 709 g/mol. The Hall–Kier alpha value is -6.00. The summed E-state index contributed by atoms with van der Waals surface area (Å²) in [5, 5.41) is 2.95. The number of hydrogen-bond acceptors (Lipinski definition) is 9. The zero-order valence-corrected chi connectivity index (χ0v) is 29.2. The van der Waals surface area contributed by atoms with Gasteiger partial charge in [0, 0.05) is 33.4 Å². The van der Waals surface area contributed by atoms with Crippen LogP contribution in [0, 0.1) is 0 Å². The number of benzene rings is 6. The predicted octanol–water partition coefficient (Wildman–Crippen LogP) is 11.7. The van der Waals surface area contributed by atoms with Crippen LogP contribution in [0.15, 0.2) is 146 Å². The van der Waals surface area contributed by atoms with Gasteiger partial charge in [0.2, 0.25) is 0 Å². The molecule has 0 bridgehead atoms. The van der Waals surface area contributed by atoms with Crippen LogP contribution in [-0.2, 0) is 0 Å². The summed E-state index contributed by atoms with van der Waals surface area (Å²) in [4.78, 5) is 30.2. The number of hydrogen-bond donors (Lipinski definition) is 0. The molecule has 0 atom stereocenters. The van der Waals surface area contributed by atoms with Gasteiger partial charge in [-0.3, -0.25) is 0 Å². The zero-order valence-electron chi connectivity index (χ0n) is 26.8. The third-order valence-corrected chi connectivity index (χ3v) is 11.9. The minimum atomic E-state index is 0.581. The van der Waals surface area contributed by atoms with Crippen molar-refractivity contribution >= 4 is 64.7 Å². The first kappa shape index (κ1) is 29.9. The Morgan fingerprint density at radius 3 is 0.863 bits per heavy atom. The van der Waals surface area contributed by atoms with E-state index in [1.54, 1.807) is 34.0 Å². The topological polar surface area (TPSA) is 77.3 Å². The fourth-order valence-corrected chi connectivity index (χ4v) is 8.93. The quantitative estimate of drug-likeness (QED) is 0.171. The number of fused-ring (bicyclic) bond motifs is 3. The van der Waals surface area contributed by atoms with Gasteiger partial charge in [-0.05, 0) is 54.6 Å². The Labute approximate surface area is 304 Å². The maximum Gasteiger partial charge on any atom is 0.164 e. The maximum absolute atomic E-state index is 5.06. The molecule has 0 fully saturated rings. The molecule has 0 saturated carbocycles. The molecule has 10 rings (SSSR count). The predicted molar refractivity (Wildman–Crippen MR) is 212 cm³/mol. The monoisotopic (exact) mass is 708 g/mol. The molecule has 9 heteroatoms. The molecule has 4 heterocycles. The SMILES string of the molecule is c1ccc(-c2nc3cc(-c4nc(-c5ccc6sc(-c7ccccc7)nc6c5)nc(-c5ccc6sc(-c7ccccc7)nc6c5)n4)ccc3s2)cc1. The molecule has 4 aromatic heterocycles. The van der Waals surface area contributed by atoms with E-state index in [1.165, 1.54) is 0 Å². The third-order valence-electron chi connectivity index (χ3n) is 8.63. The van der Waals surface area contributed by atoms with Gasteiger partial charge in [-0.2, -0.15) is 0 Å². The van der Waals surface area contributed by atoms with Crippen molar-refractivity contribution in [2.75, 3.05) is 0 Å². The lowest BCUT2D eigenvalue weighted by Gasteiger charge is -2.08. The number of aromatic nitrogens is 6. The molecular formula is C42H24N6S3. The summed E-state index contributed by atoms with van der Waals surface area (Å²) in [5.41, 5.74) is 8.67. The molecule has 0 unspecified atom stereocenters. The molecule has 240 valence electrons. The van der Waals surface area contributed by atoms with E-state index < -0.39 is 0 Å². The van der Waals surface area contributed by atoms with E-state index in [1.807, 2.05) is 54.6 Å². The van der Waals surface area contributed by atoms with Crippen molar-refractivity contribution in [2.24, 2.45) is 0 Å². The Bertz CT molecular complexity index is 2540. The molecule has 0 N–H and O–H groups in total. The summed E-state index contributed by atoms with van der Waals surface area (Å²) in [6.45, 7) is 0. The van der Waals surface area contributed by atoms with Gasteiger partial charge in [-0.25, -0.2) is 29.9 Å². The van der Waals surface area contributed by atoms with Gasteiger partial charge in [0.05, 0.1) is 30.6 Å². The van der Waals surface area contributed by atoms with E-state index in [0.29, 0.717) is 17.5 Å². The standard InChI is InChI=1S/C42H24N6S3/c1-4-10-25(11-5-1)40-43-31-22-28(16-19-34(31)49-40)37-46-38(29-17-20-35-32(23-29)44-41(50-35)26-12-6-2-7-13-26)48-39(47-37)30-18-21-36-33(24-30)45-42(51-36)27-14-8-3-9-15-27/h1-24H. The van der Waals surface area contributed by atoms with Crippen molar-refractivity contribution in [3.63, 3.8) is 0 Å². The number of thiazole rings is 3. The zero-order chi connectivity index (χ0) is 33.7. The van der Waals surface area contributed by atoms with Crippen LogP contribution in [0.3, 0.4) is 0 Å². The van der Waals surface area contributed by atoms with Crippen molar-refractivity contribution in [3.8, 4) is 65.9 Å². The summed E-state index contributed by atoms with van der Waals surface area (Å²) in [7, 11) is 0. The van der Waals surface area contributed by atoms with E-state index in [4.69, 9.17) is 29.9 Å². The first-order valence-electron chi connectivity index (χ1n) is 16.4. The van der Waals surface area contributed by atoms with Gasteiger partial charge in [0.1, 0.15) is 15.0 Å². The Kier molecular flexibility index (Phi) is 7.26. The summed E-state index contributed by atoms with van der Waals surface area (Å²) < 4.78 is 3.33. The molecule has 0 saturated heterocycles. The molecule has 0 amide bonds. The third kappa shape index (κ3) is 5.67. The van der Waals surface area contributed by atoms with Gasteiger partial charge in [-0.1, -0.05) is 91.0 Å². The highest BCUT2D eigenvalue weighted by Crippen LogP contribution is 2.36. The molecule has 0 aliphatic carbocycles. The highest BCUT2D eigenvalue weighted by atomic mass is 32.1. The van der Waals surface area contributed by atoms with Crippen LogP contribution >= 0.6 is 34.0 Å². The molecule has 6 aromatic carbocycles. The lowest BCUT2D eigenvalue weighted by atomic mass is 10.1. The Morgan fingerprint density at radius 1 is 0.275 bits per heavy atom. The van der Waals surface area contributed by atoms with E-state index in [2.05, 4.69) is 91.0 Å². The lowest BCUT2D eigenvalue weighted by Crippen LogP contribution is -2.00. The summed E-state index contributed by atoms with van der Waals surface area (Å²) >= 11 is 5.04. The molecule has 10 aromatic rings. The van der Waals surface area contributed by atoms with Crippen LogP contribution in [0.25, 0.3) is 96.5 Å². The van der Waals surface area contributed by atoms with Crippen LogP contribution in [0.1, 0.15) is 0 Å². The lowest BCUT2D eigenvalue weighted by molar-refractivity contribution is 1.08. The molecular weight excluding hydrogens is 685 g/mol. The van der Waals surface area contributed by atoms with E-state index in [9.17, 15) is 0 Å². The smallest absolute Gasteiger partial charge is 0.164 e. The fraction of sp³-hybridized carbons (Fsp3) is 0. The Balaban J connectivity index is 1.10. The minimum absolute atomic E-state index is 0.581. The van der Waals surface area contributed by atoms with Gasteiger partial charge in [-0.15, -0.1) is 34.0 Å². The maximum atomic E-state index is 5.06. The largest absolute Gasteiger partial charge is 0.236 e. The van der Waals surface area contributed by atoms with Gasteiger partial charge >= 0.3 is 0 Å². The summed E-state index contributed by atoms with van der Waals surface area (Å²) in [5.74, 6) is 1.74. The van der Waals surface area contributed by atoms with Crippen molar-refractivity contribution < 1.29 is 0 Å². The van der Waals surface area contributed by atoms with Crippen molar-refractivity contribution in [1.82, 2.24) is 29.9 Å². The Morgan fingerprint density at radius 2 is 0.569 bits per heavy atom. The first-order valence-corrected chi connectivity index (χ1v) is 18.8. The van der Waals surface area contributed by atoms with Crippen LogP contribution in [-0.4, -0.2) is 29.9 Å². The normalized spacial score (nSPS) is 11.5. The highest BCUT2D eigenvalue weighted by molar-refractivity contribution is 7.22. The summed E-state index contributed by atoms with van der Waals surface area (Å²) in [6, 6.07) is 49.6. The van der Waals surface area contributed by atoms with E-state index >= 15 is 0 Å². The summed E-state index contributed by atoms with van der Waals surface area (Å²) in [6.07, 6.45) is 0. The fourth-order valence-electron chi connectivity index (χ4n) is 6.08. The second-order valence-corrected chi connectivity index (χ2v) is 15.1. The van der Waals surface area contributed by atoms with Crippen molar-refractivity contribution in [3.05, 3.63) is 146 Å². The molecule has 0 spiro atoms. The second-order valence-electron chi connectivity index (χ2n) is 12.0. The van der Waals surface area contributed by atoms with Gasteiger partial charge in [0.15, 0.2) is 17.5 Å².